The summed E-state index contributed by atoms with van der Waals surface area (Å²) in [5.41, 5.74) is 0.410. The van der Waals surface area contributed by atoms with Gasteiger partial charge in [0, 0.05) is 18.7 Å². The van der Waals surface area contributed by atoms with Gasteiger partial charge in [-0.3, -0.25) is 9.59 Å². The van der Waals surface area contributed by atoms with Crippen LogP contribution >= 0.6 is 11.6 Å². The first-order chi connectivity index (χ1) is 11.3. The number of halogens is 1. The molecule has 6 nitrogen and oxygen atoms in total. The predicted molar refractivity (Wildman–Crippen MR) is 91.6 cm³/mol. The van der Waals surface area contributed by atoms with Crippen LogP contribution in [-0.4, -0.2) is 44.0 Å². The second-order valence-electron chi connectivity index (χ2n) is 6.30. The number of carbonyl (C=O) groups excluding carboxylic acids is 2. The van der Waals surface area contributed by atoms with E-state index in [1.807, 2.05) is 0 Å². The summed E-state index contributed by atoms with van der Waals surface area (Å²) in [7, 11) is -3.75. The molecule has 0 aliphatic carbocycles. The molecule has 2 heterocycles. The average molecular weight is 371 g/mol. The van der Waals surface area contributed by atoms with Gasteiger partial charge >= 0.3 is 0 Å². The number of benzene rings is 1. The van der Waals surface area contributed by atoms with Crippen LogP contribution in [0.1, 0.15) is 36.5 Å². The second kappa shape index (κ2) is 6.37. The van der Waals surface area contributed by atoms with Gasteiger partial charge in [0.15, 0.2) is 0 Å². The van der Waals surface area contributed by atoms with E-state index in [1.54, 1.807) is 17.9 Å². The normalized spacial score (nSPS) is 23.6. The van der Waals surface area contributed by atoms with Gasteiger partial charge in [0.05, 0.1) is 22.4 Å². The van der Waals surface area contributed by atoms with Crippen LogP contribution in [0, 0.1) is 5.92 Å². The summed E-state index contributed by atoms with van der Waals surface area (Å²) in [5, 5.41) is 0.135. The van der Waals surface area contributed by atoms with E-state index in [-0.39, 0.29) is 22.4 Å². The Morgan fingerprint density at radius 3 is 2.46 bits per heavy atom. The first kappa shape index (κ1) is 17.2. The fourth-order valence-corrected chi connectivity index (χ4v) is 5.23. The van der Waals surface area contributed by atoms with E-state index in [1.165, 1.54) is 12.1 Å². The molecule has 2 aliphatic heterocycles. The number of piperidine rings is 1. The molecule has 0 N–H and O–H groups in total. The predicted octanol–water partition coefficient (Wildman–Crippen LogP) is 2.28. The summed E-state index contributed by atoms with van der Waals surface area (Å²) >= 11 is 6.12. The molecule has 0 bridgehead atoms. The number of hydrogen-bond donors (Lipinski definition) is 0. The molecule has 1 unspecified atom stereocenters. The molecule has 3 rings (SSSR count). The number of sulfonamides is 1. The molecule has 130 valence electrons. The Morgan fingerprint density at radius 1 is 1.21 bits per heavy atom. The highest BCUT2D eigenvalue weighted by Gasteiger charge is 2.43. The highest BCUT2D eigenvalue weighted by molar-refractivity contribution is 7.94. The van der Waals surface area contributed by atoms with E-state index >= 15 is 0 Å². The number of nitrogens with zero attached hydrogens (tertiary/aromatic N) is 2. The average Bonchev–Trinajstić information content (AvgIpc) is 2.76. The van der Waals surface area contributed by atoms with E-state index in [9.17, 15) is 18.0 Å². The molecule has 24 heavy (non-hydrogen) atoms. The molecule has 1 aromatic carbocycles. The summed E-state index contributed by atoms with van der Waals surface area (Å²) in [6.07, 6.45) is 3.03. The van der Waals surface area contributed by atoms with Crippen LogP contribution in [0.25, 0.3) is 0 Å². The van der Waals surface area contributed by atoms with Gasteiger partial charge in [-0.1, -0.05) is 18.5 Å². The van der Waals surface area contributed by atoms with Gasteiger partial charge in [-0.2, -0.15) is 0 Å². The SMILES string of the molecule is CC1CS(=O)(=O)N(c2cc(C(=O)N3CCCCC3)ccc2Cl)C1=O. The Kier molecular flexibility index (Phi) is 4.57. The molecule has 2 fully saturated rings. The van der Waals surface area contributed by atoms with Crippen molar-refractivity contribution in [2.24, 2.45) is 5.92 Å². The quantitative estimate of drug-likeness (QED) is 0.800. The summed E-state index contributed by atoms with van der Waals surface area (Å²) in [6.45, 7) is 2.94. The van der Waals surface area contributed by atoms with Crippen LogP contribution in [0.3, 0.4) is 0 Å². The topological polar surface area (TPSA) is 74.8 Å². The van der Waals surface area contributed by atoms with Crippen molar-refractivity contribution in [1.82, 2.24) is 4.90 Å². The van der Waals surface area contributed by atoms with E-state index < -0.39 is 21.8 Å². The molecule has 2 aliphatic rings. The third-order valence-corrected chi connectivity index (χ3v) is 6.59. The van der Waals surface area contributed by atoms with Gasteiger partial charge in [-0.05, 0) is 37.5 Å². The minimum absolute atomic E-state index is 0.0638. The summed E-state index contributed by atoms with van der Waals surface area (Å²) in [5.74, 6) is -1.54. The summed E-state index contributed by atoms with van der Waals surface area (Å²) in [6, 6.07) is 4.45. The largest absolute Gasteiger partial charge is 0.339 e. The molecule has 2 saturated heterocycles. The van der Waals surface area contributed by atoms with E-state index in [2.05, 4.69) is 0 Å². The van der Waals surface area contributed by atoms with Gasteiger partial charge in [0.1, 0.15) is 0 Å². The minimum Gasteiger partial charge on any atom is -0.339 e. The lowest BCUT2D eigenvalue weighted by Crippen LogP contribution is -2.36. The first-order valence-corrected chi connectivity index (χ1v) is 9.95. The van der Waals surface area contributed by atoms with Crippen molar-refractivity contribution in [2.45, 2.75) is 26.2 Å². The molecular weight excluding hydrogens is 352 g/mol. The smallest absolute Gasteiger partial charge is 0.253 e. The van der Waals surface area contributed by atoms with Crippen LogP contribution in [0.2, 0.25) is 5.02 Å². The molecule has 0 spiro atoms. The molecule has 2 amide bonds. The molecular formula is C16H19ClN2O4S. The van der Waals surface area contributed by atoms with Crippen molar-refractivity contribution in [2.75, 3.05) is 23.1 Å². The Morgan fingerprint density at radius 2 is 1.88 bits per heavy atom. The Bertz CT molecular complexity index is 787. The number of hydrogen-bond acceptors (Lipinski definition) is 4. The summed E-state index contributed by atoms with van der Waals surface area (Å²) < 4.78 is 25.3. The molecule has 1 atom stereocenters. The lowest BCUT2D eigenvalue weighted by atomic mass is 10.1. The number of rotatable bonds is 2. The van der Waals surface area contributed by atoms with Gasteiger partial charge in [0.25, 0.3) is 5.91 Å². The van der Waals surface area contributed by atoms with Crippen molar-refractivity contribution in [3.8, 4) is 0 Å². The minimum atomic E-state index is -3.75. The molecule has 8 heteroatoms. The Labute approximate surface area is 146 Å². The van der Waals surface area contributed by atoms with Crippen LogP contribution in [0.15, 0.2) is 18.2 Å². The highest BCUT2D eigenvalue weighted by atomic mass is 35.5. The second-order valence-corrected chi connectivity index (χ2v) is 8.57. The van der Waals surface area contributed by atoms with Crippen molar-refractivity contribution >= 4 is 39.1 Å². The van der Waals surface area contributed by atoms with Crippen molar-refractivity contribution in [1.29, 1.82) is 0 Å². The maximum absolute atomic E-state index is 12.6. The van der Waals surface area contributed by atoms with Crippen LogP contribution < -0.4 is 4.31 Å². The van der Waals surface area contributed by atoms with Gasteiger partial charge < -0.3 is 4.90 Å². The fraction of sp³-hybridized carbons (Fsp3) is 0.500. The monoisotopic (exact) mass is 370 g/mol. The standard InChI is InChI=1S/C16H19ClN2O4S/c1-11-10-24(22,23)19(15(11)20)14-9-12(5-6-13(14)17)16(21)18-7-3-2-4-8-18/h5-6,9,11H,2-4,7-8,10H2,1H3. The maximum atomic E-state index is 12.6. The number of amides is 2. The van der Waals surface area contributed by atoms with E-state index in [0.29, 0.717) is 18.7 Å². The highest BCUT2D eigenvalue weighted by Crippen LogP contribution is 2.34. The van der Waals surface area contributed by atoms with Crippen molar-refractivity contribution in [3.05, 3.63) is 28.8 Å². The zero-order valence-corrected chi connectivity index (χ0v) is 14.9. The third-order valence-electron chi connectivity index (χ3n) is 4.42. The van der Waals surface area contributed by atoms with E-state index in [0.717, 1.165) is 23.6 Å². The summed E-state index contributed by atoms with van der Waals surface area (Å²) in [4.78, 5) is 26.6. The van der Waals surface area contributed by atoms with Crippen LogP contribution in [-0.2, 0) is 14.8 Å². The van der Waals surface area contributed by atoms with Gasteiger partial charge in [0.2, 0.25) is 15.9 Å². The maximum Gasteiger partial charge on any atom is 0.253 e. The zero-order valence-electron chi connectivity index (χ0n) is 13.4. The molecule has 0 aromatic heterocycles. The molecule has 0 radical (unpaired) electrons. The fourth-order valence-electron chi connectivity index (χ4n) is 3.15. The van der Waals surface area contributed by atoms with Gasteiger partial charge in [-0.25, -0.2) is 12.7 Å². The lowest BCUT2D eigenvalue weighted by molar-refractivity contribution is -0.119. The molecule has 1 aromatic rings. The van der Waals surface area contributed by atoms with Crippen molar-refractivity contribution < 1.29 is 18.0 Å². The number of carbonyl (C=O) groups is 2. The number of anilines is 1. The van der Waals surface area contributed by atoms with E-state index in [4.69, 9.17) is 11.6 Å². The molecule has 0 saturated carbocycles. The van der Waals surface area contributed by atoms with Crippen LogP contribution in [0.5, 0.6) is 0 Å². The van der Waals surface area contributed by atoms with Crippen molar-refractivity contribution in [3.63, 3.8) is 0 Å². The zero-order chi connectivity index (χ0) is 17.5. The third kappa shape index (κ3) is 3.02. The Balaban J connectivity index is 1.98. The number of likely N-dealkylation sites (tertiary alicyclic amines) is 1. The van der Waals surface area contributed by atoms with Crippen LogP contribution in [0.4, 0.5) is 5.69 Å². The van der Waals surface area contributed by atoms with Gasteiger partial charge in [-0.15, -0.1) is 0 Å². The Hall–Kier alpha value is -1.60. The first-order valence-electron chi connectivity index (χ1n) is 7.97. The lowest BCUT2D eigenvalue weighted by Gasteiger charge is -2.27.